The Kier molecular flexibility index (Phi) is 4.90. The molecule has 0 bridgehead atoms. The van der Waals surface area contributed by atoms with Crippen molar-refractivity contribution in [2.45, 2.75) is 32.2 Å². The summed E-state index contributed by atoms with van der Waals surface area (Å²) in [6.07, 6.45) is 1.84. The van der Waals surface area contributed by atoms with E-state index in [0.29, 0.717) is 19.4 Å². The first-order chi connectivity index (χ1) is 13.1. The van der Waals surface area contributed by atoms with Crippen LogP contribution in [-0.4, -0.2) is 74.3 Å². The van der Waals surface area contributed by atoms with Gasteiger partial charge in [0.05, 0.1) is 0 Å². The molecule has 2 aliphatic heterocycles. The van der Waals surface area contributed by atoms with Crippen LogP contribution in [-0.2, 0) is 11.8 Å². The molecule has 0 aromatic carbocycles. The van der Waals surface area contributed by atoms with Crippen LogP contribution in [0.5, 0.6) is 0 Å². The van der Waals surface area contributed by atoms with Crippen LogP contribution >= 0.6 is 0 Å². The number of aromatic nitrogens is 2. The fraction of sp³-hybridized carbons (Fsp3) is 0.611. The van der Waals surface area contributed by atoms with Crippen LogP contribution in [0.25, 0.3) is 0 Å². The zero-order valence-electron chi connectivity index (χ0n) is 16.5. The summed E-state index contributed by atoms with van der Waals surface area (Å²) in [5, 5.41) is 0. The van der Waals surface area contributed by atoms with Gasteiger partial charge in [-0.3, -0.25) is 24.3 Å². The fourth-order valence-corrected chi connectivity index (χ4v) is 3.95. The van der Waals surface area contributed by atoms with Gasteiger partial charge < -0.3 is 14.4 Å². The minimum absolute atomic E-state index is 0.122. The van der Waals surface area contributed by atoms with Gasteiger partial charge in [0.25, 0.3) is 17.4 Å². The quantitative estimate of drug-likeness (QED) is 0.704. The summed E-state index contributed by atoms with van der Waals surface area (Å²) in [7, 11) is 2.93. The standard InChI is InChI=1S/C18H25N5O5/c1-11(2)9-23-17(28)21(4)15(26)18(23)5-7-22(8-6-18)14(25)12-10-20(3)16(27)19-13(12)24/h10-11H,5-9H2,1-4H3,(H,19,24,27). The van der Waals surface area contributed by atoms with Crippen molar-refractivity contribution in [1.82, 2.24) is 24.3 Å². The van der Waals surface area contributed by atoms with E-state index in [2.05, 4.69) is 4.98 Å². The second kappa shape index (κ2) is 6.92. The Morgan fingerprint density at radius 2 is 1.75 bits per heavy atom. The molecule has 0 atom stereocenters. The van der Waals surface area contributed by atoms with Crippen LogP contribution in [0.4, 0.5) is 4.79 Å². The van der Waals surface area contributed by atoms with Crippen molar-refractivity contribution in [2.75, 3.05) is 26.7 Å². The Bertz CT molecular complexity index is 938. The van der Waals surface area contributed by atoms with E-state index in [4.69, 9.17) is 0 Å². The highest BCUT2D eigenvalue weighted by atomic mass is 16.2. The molecule has 1 aromatic rings. The van der Waals surface area contributed by atoms with E-state index >= 15 is 0 Å². The summed E-state index contributed by atoms with van der Waals surface area (Å²) < 4.78 is 1.14. The van der Waals surface area contributed by atoms with Gasteiger partial charge in [0.1, 0.15) is 11.1 Å². The van der Waals surface area contributed by atoms with Crippen LogP contribution < -0.4 is 11.2 Å². The van der Waals surface area contributed by atoms with Crippen molar-refractivity contribution in [3.8, 4) is 0 Å². The molecule has 4 amide bonds. The number of rotatable bonds is 3. The first-order valence-electron chi connectivity index (χ1n) is 9.27. The van der Waals surface area contributed by atoms with E-state index in [1.807, 2.05) is 13.8 Å². The highest BCUT2D eigenvalue weighted by molar-refractivity contribution is 6.07. The topological polar surface area (TPSA) is 116 Å². The molecule has 1 N–H and O–H groups in total. The highest BCUT2D eigenvalue weighted by Gasteiger charge is 2.57. The van der Waals surface area contributed by atoms with Crippen LogP contribution in [0.2, 0.25) is 0 Å². The largest absolute Gasteiger partial charge is 0.338 e. The van der Waals surface area contributed by atoms with Gasteiger partial charge in [0, 0.05) is 39.9 Å². The van der Waals surface area contributed by atoms with Crippen LogP contribution in [0.1, 0.15) is 37.0 Å². The normalized spacial score (nSPS) is 19.2. The number of carbonyl (C=O) groups is 3. The summed E-state index contributed by atoms with van der Waals surface area (Å²) in [5.74, 6) is -0.540. The average molecular weight is 391 g/mol. The fourth-order valence-electron chi connectivity index (χ4n) is 3.95. The molecule has 28 heavy (non-hydrogen) atoms. The third-order valence-corrected chi connectivity index (χ3v) is 5.50. The minimum atomic E-state index is -0.942. The lowest BCUT2D eigenvalue weighted by atomic mass is 9.85. The molecule has 2 fully saturated rings. The number of carbonyl (C=O) groups excluding carboxylic acids is 3. The predicted octanol–water partition coefficient (Wildman–Crippen LogP) is -0.402. The highest BCUT2D eigenvalue weighted by Crippen LogP contribution is 2.37. The zero-order chi connectivity index (χ0) is 20.8. The smallest absolute Gasteiger partial charge is 0.328 e. The summed E-state index contributed by atoms with van der Waals surface area (Å²) >= 11 is 0. The van der Waals surface area contributed by atoms with Gasteiger partial charge in [-0.1, -0.05) is 13.8 Å². The van der Waals surface area contributed by atoms with Gasteiger partial charge in [-0.25, -0.2) is 9.59 Å². The van der Waals surface area contributed by atoms with E-state index in [0.717, 1.165) is 9.47 Å². The van der Waals surface area contributed by atoms with Gasteiger partial charge in [-0.05, 0) is 18.8 Å². The molecule has 2 saturated heterocycles. The summed E-state index contributed by atoms with van der Waals surface area (Å²) in [6.45, 7) is 4.90. The van der Waals surface area contributed by atoms with E-state index in [1.54, 1.807) is 4.90 Å². The third kappa shape index (κ3) is 3.02. The number of likely N-dealkylation sites (N-methyl/N-ethyl adjacent to an activating group) is 1. The van der Waals surface area contributed by atoms with Crippen LogP contribution in [0.3, 0.4) is 0 Å². The third-order valence-electron chi connectivity index (χ3n) is 5.50. The number of hydrogen-bond acceptors (Lipinski definition) is 5. The maximum absolute atomic E-state index is 12.8. The van der Waals surface area contributed by atoms with Crippen molar-refractivity contribution in [1.29, 1.82) is 0 Å². The Labute approximate surface area is 161 Å². The van der Waals surface area contributed by atoms with E-state index in [1.165, 1.54) is 25.2 Å². The maximum atomic E-state index is 12.8. The monoisotopic (exact) mass is 391 g/mol. The predicted molar refractivity (Wildman–Crippen MR) is 99.9 cm³/mol. The molecular formula is C18H25N5O5. The van der Waals surface area contributed by atoms with Gasteiger partial charge in [-0.15, -0.1) is 0 Å². The molecule has 1 aromatic heterocycles. The number of imide groups is 1. The van der Waals surface area contributed by atoms with Gasteiger partial charge in [0.2, 0.25) is 0 Å². The number of urea groups is 1. The number of aryl methyl sites for hydroxylation is 1. The number of aromatic amines is 1. The van der Waals surface area contributed by atoms with Crippen molar-refractivity contribution in [3.05, 3.63) is 32.6 Å². The lowest BCUT2D eigenvalue weighted by Gasteiger charge is -2.42. The van der Waals surface area contributed by atoms with Gasteiger partial charge in [-0.2, -0.15) is 0 Å². The average Bonchev–Trinajstić information content (AvgIpc) is 2.81. The molecule has 0 aliphatic carbocycles. The van der Waals surface area contributed by atoms with E-state index in [-0.39, 0.29) is 36.5 Å². The molecule has 2 aliphatic rings. The molecule has 0 unspecified atom stereocenters. The van der Waals surface area contributed by atoms with Crippen LogP contribution in [0, 0.1) is 5.92 Å². The molecule has 0 saturated carbocycles. The minimum Gasteiger partial charge on any atom is -0.338 e. The van der Waals surface area contributed by atoms with Crippen LogP contribution in [0.15, 0.2) is 15.8 Å². The molecule has 0 radical (unpaired) electrons. The van der Waals surface area contributed by atoms with E-state index in [9.17, 15) is 24.0 Å². The lowest BCUT2D eigenvalue weighted by Crippen LogP contribution is -2.58. The number of piperidine rings is 1. The Morgan fingerprint density at radius 1 is 1.14 bits per heavy atom. The zero-order valence-corrected chi connectivity index (χ0v) is 16.5. The summed E-state index contributed by atoms with van der Waals surface area (Å²) in [4.78, 5) is 68.0. The molecule has 3 heterocycles. The number of nitrogens with one attached hydrogen (secondary N) is 1. The summed E-state index contributed by atoms with van der Waals surface area (Å²) in [5.41, 5.74) is -2.39. The Balaban J connectivity index is 1.83. The number of hydrogen-bond donors (Lipinski definition) is 1. The van der Waals surface area contributed by atoms with Gasteiger partial charge in [0.15, 0.2) is 0 Å². The second-order valence-electron chi connectivity index (χ2n) is 7.89. The molecule has 1 spiro atoms. The number of likely N-dealkylation sites (tertiary alicyclic amines) is 1. The van der Waals surface area contributed by atoms with Crippen molar-refractivity contribution in [3.63, 3.8) is 0 Å². The summed E-state index contributed by atoms with van der Waals surface area (Å²) in [6, 6.07) is -0.312. The maximum Gasteiger partial charge on any atom is 0.328 e. The molecule has 10 heteroatoms. The van der Waals surface area contributed by atoms with E-state index < -0.39 is 22.7 Å². The number of nitrogens with zero attached hydrogens (tertiary/aromatic N) is 4. The molecule has 3 rings (SSSR count). The van der Waals surface area contributed by atoms with Crippen molar-refractivity contribution < 1.29 is 14.4 Å². The van der Waals surface area contributed by atoms with Crippen molar-refractivity contribution in [2.24, 2.45) is 13.0 Å². The lowest BCUT2D eigenvalue weighted by molar-refractivity contribution is -0.134. The number of H-pyrrole nitrogens is 1. The molecule has 152 valence electrons. The molecule has 10 nitrogen and oxygen atoms in total. The second-order valence-corrected chi connectivity index (χ2v) is 7.89. The van der Waals surface area contributed by atoms with Gasteiger partial charge >= 0.3 is 11.7 Å². The Morgan fingerprint density at radius 3 is 2.32 bits per heavy atom. The Hall–Kier alpha value is -2.91. The van der Waals surface area contributed by atoms with Crippen molar-refractivity contribution >= 4 is 17.8 Å². The SMILES string of the molecule is CC(C)CN1C(=O)N(C)C(=O)C12CCN(C(=O)c1cn(C)c(=O)[nH]c1=O)CC2. The first-order valence-corrected chi connectivity index (χ1v) is 9.27. The number of amides is 4. The molecular weight excluding hydrogens is 366 g/mol. The first kappa shape index (κ1) is 19.8.